The summed E-state index contributed by atoms with van der Waals surface area (Å²) in [7, 11) is 0. The predicted octanol–water partition coefficient (Wildman–Crippen LogP) is -0.363. The monoisotopic (exact) mass is 180 g/mol. The van der Waals surface area contributed by atoms with Gasteiger partial charge in [0.05, 0.1) is 13.0 Å². The van der Waals surface area contributed by atoms with Crippen molar-refractivity contribution in [3.8, 4) is 0 Å². The SMILES string of the molecule is C=C1CC(=O)N(CCN=C=O)C1=O. The summed E-state index contributed by atoms with van der Waals surface area (Å²) in [6.45, 7) is 3.68. The molecule has 5 heteroatoms. The first kappa shape index (κ1) is 9.35. The van der Waals surface area contributed by atoms with Gasteiger partial charge in [-0.3, -0.25) is 14.5 Å². The molecular weight excluding hydrogens is 172 g/mol. The summed E-state index contributed by atoms with van der Waals surface area (Å²) >= 11 is 0. The lowest BCUT2D eigenvalue weighted by molar-refractivity contribution is -0.137. The van der Waals surface area contributed by atoms with Crippen LogP contribution in [0.3, 0.4) is 0 Å². The number of nitrogens with zero attached hydrogens (tertiary/aromatic N) is 2. The molecule has 1 aliphatic rings. The van der Waals surface area contributed by atoms with E-state index in [1.54, 1.807) is 0 Å². The number of amides is 2. The largest absolute Gasteiger partial charge is 0.277 e. The summed E-state index contributed by atoms with van der Waals surface area (Å²) in [5, 5.41) is 0. The molecule has 0 spiro atoms. The molecule has 0 N–H and O–H groups in total. The summed E-state index contributed by atoms with van der Waals surface area (Å²) in [4.78, 5) is 36.3. The summed E-state index contributed by atoms with van der Waals surface area (Å²) in [6, 6.07) is 0. The van der Waals surface area contributed by atoms with E-state index in [0.29, 0.717) is 5.57 Å². The van der Waals surface area contributed by atoms with Crippen LogP contribution in [0.25, 0.3) is 0 Å². The van der Waals surface area contributed by atoms with Crippen molar-refractivity contribution >= 4 is 17.9 Å². The Kier molecular flexibility index (Phi) is 2.72. The van der Waals surface area contributed by atoms with Crippen LogP contribution in [-0.4, -0.2) is 35.9 Å². The van der Waals surface area contributed by atoms with Crippen LogP contribution < -0.4 is 0 Å². The highest BCUT2D eigenvalue weighted by molar-refractivity contribution is 6.12. The van der Waals surface area contributed by atoms with Gasteiger partial charge in [0.25, 0.3) is 5.91 Å². The second-order valence-corrected chi connectivity index (χ2v) is 2.60. The highest BCUT2D eigenvalue weighted by Gasteiger charge is 2.31. The zero-order chi connectivity index (χ0) is 9.84. The Balaban J connectivity index is 2.59. The fourth-order valence-corrected chi connectivity index (χ4v) is 1.08. The first-order valence-electron chi connectivity index (χ1n) is 3.73. The molecule has 68 valence electrons. The van der Waals surface area contributed by atoms with Gasteiger partial charge in [-0.25, -0.2) is 9.79 Å². The molecule has 0 unspecified atom stereocenters. The fourth-order valence-electron chi connectivity index (χ4n) is 1.08. The molecule has 1 rings (SSSR count). The van der Waals surface area contributed by atoms with Gasteiger partial charge in [-0.1, -0.05) is 6.58 Å². The summed E-state index contributed by atoms with van der Waals surface area (Å²) in [5.74, 6) is -0.651. The molecule has 0 bridgehead atoms. The minimum atomic E-state index is -0.369. The van der Waals surface area contributed by atoms with Crippen LogP contribution in [0.15, 0.2) is 17.1 Å². The smallest absolute Gasteiger partial charge is 0.256 e. The molecule has 1 saturated heterocycles. The molecule has 1 aliphatic heterocycles. The Bertz CT molecular complexity index is 315. The average Bonchev–Trinajstić information content (AvgIpc) is 2.32. The normalized spacial score (nSPS) is 16.3. The highest BCUT2D eigenvalue weighted by Crippen LogP contribution is 2.15. The van der Waals surface area contributed by atoms with Crippen LogP contribution in [0.2, 0.25) is 0 Å². The number of hydrogen-bond acceptors (Lipinski definition) is 4. The quantitative estimate of drug-likeness (QED) is 0.258. The average molecular weight is 180 g/mol. The van der Waals surface area contributed by atoms with E-state index in [9.17, 15) is 14.4 Å². The van der Waals surface area contributed by atoms with E-state index in [0.717, 1.165) is 4.90 Å². The standard InChI is InChI=1S/C8H8N2O3/c1-6-4-7(12)10(8(6)13)3-2-9-5-11/h1-4H2. The first-order valence-corrected chi connectivity index (χ1v) is 3.73. The predicted molar refractivity (Wildman–Crippen MR) is 43.5 cm³/mol. The van der Waals surface area contributed by atoms with Crippen molar-refractivity contribution in [1.29, 1.82) is 0 Å². The maximum atomic E-state index is 11.2. The number of likely N-dealkylation sites (tertiary alicyclic amines) is 1. The first-order chi connectivity index (χ1) is 6.16. The van der Waals surface area contributed by atoms with Gasteiger partial charge in [0.2, 0.25) is 12.0 Å². The Morgan fingerprint density at radius 3 is 2.69 bits per heavy atom. The summed E-state index contributed by atoms with van der Waals surface area (Å²) < 4.78 is 0. The van der Waals surface area contributed by atoms with Crippen molar-refractivity contribution in [2.75, 3.05) is 13.1 Å². The van der Waals surface area contributed by atoms with Crippen LogP contribution in [0.4, 0.5) is 0 Å². The van der Waals surface area contributed by atoms with E-state index in [1.165, 1.54) is 6.08 Å². The molecule has 5 nitrogen and oxygen atoms in total. The van der Waals surface area contributed by atoms with Gasteiger partial charge in [0.1, 0.15) is 0 Å². The molecule has 1 fully saturated rings. The number of carbonyl (C=O) groups is 2. The van der Waals surface area contributed by atoms with Crippen molar-refractivity contribution in [2.24, 2.45) is 4.99 Å². The maximum Gasteiger partial charge on any atom is 0.256 e. The molecule has 13 heavy (non-hydrogen) atoms. The van der Waals surface area contributed by atoms with Crippen molar-refractivity contribution in [3.63, 3.8) is 0 Å². The number of aliphatic imine (C=N–C) groups is 1. The Labute approximate surface area is 74.7 Å². The van der Waals surface area contributed by atoms with E-state index in [1.807, 2.05) is 0 Å². The van der Waals surface area contributed by atoms with E-state index >= 15 is 0 Å². The third kappa shape index (κ3) is 1.89. The Morgan fingerprint density at radius 2 is 2.23 bits per heavy atom. The van der Waals surface area contributed by atoms with Gasteiger partial charge in [-0.2, -0.15) is 0 Å². The van der Waals surface area contributed by atoms with Gasteiger partial charge in [0, 0.05) is 12.1 Å². The lowest BCUT2D eigenvalue weighted by Gasteiger charge is -2.10. The molecule has 0 aromatic heterocycles. The molecule has 0 aromatic rings. The molecule has 0 radical (unpaired) electrons. The summed E-state index contributed by atoms with van der Waals surface area (Å²) in [6.07, 6.45) is 1.41. The number of isocyanates is 1. The zero-order valence-electron chi connectivity index (χ0n) is 6.95. The second kappa shape index (κ2) is 3.78. The molecule has 1 heterocycles. The van der Waals surface area contributed by atoms with E-state index in [2.05, 4.69) is 11.6 Å². The number of imide groups is 1. The number of carbonyl (C=O) groups excluding carboxylic acids is 3. The van der Waals surface area contributed by atoms with Gasteiger partial charge in [-0.15, -0.1) is 0 Å². The minimum absolute atomic E-state index is 0.0731. The number of rotatable bonds is 3. The second-order valence-electron chi connectivity index (χ2n) is 2.60. The van der Waals surface area contributed by atoms with Crippen LogP contribution in [0.5, 0.6) is 0 Å². The van der Waals surface area contributed by atoms with Crippen molar-refractivity contribution in [1.82, 2.24) is 4.90 Å². The van der Waals surface area contributed by atoms with Crippen LogP contribution >= 0.6 is 0 Å². The Morgan fingerprint density at radius 1 is 1.54 bits per heavy atom. The van der Waals surface area contributed by atoms with E-state index in [4.69, 9.17) is 0 Å². The van der Waals surface area contributed by atoms with Crippen LogP contribution in [-0.2, 0) is 14.4 Å². The summed E-state index contributed by atoms with van der Waals surface area (Å²) in [5.41, 5.74) is 0.292. The molecule has 2 amide bonds. The molecule has 0 aromatic carbocycles. The van der Waals surface area contributed by atoms with Crippen LogP contribution in [0.1, 0.15) is 6.42 Å². The van der Waals surface area contributed by atoms with E-state index in [-0.39, 0.29) is 31.3 Å². The lowest BCUT2D eigenvalue weighted by Crippen LogP contribution is -2.31. The maximum absolute atomic E-state index is 11.2. The highest BCUT2D eigenvalue weighted by atomic mass is 16.2. The van der Waals surface area contributed by atoms with Gasteiger partial charge in [0.15, 0.2) is 0 Å². The van der Waals surface area contributed by atoms with Crippen molar-refractivity contribution < 1.29 is 14.4 Å². The van der Waals surface area contributed by atoms with Gasteiger partial charge in [-0.05, 0) is 0 Å². The fraction of sp³-hybridized carbons (Fsp3) is 0.375. The third-order valence-corrected chi connectivity index (χ3v) is 1.71. The van der Waals surface area contributed by atoms with Gasteiger partial charge >= 0.3 is 0 Å². The van der Waals surface area contributed by atoms with Crippen molar-refractivity contribution in [2.45, 2.75) is 6.42 Å². The Hall–Kier alpha value is -1.74. The topological polar surface area (TPSA) is 66.8 Å². The lowest BCUT2D eigenvalue weighted by atomic mass is 10.3. The molecule has 0 aliphatic carbocycles. The van der Waals surface area contributed by atoms with Crippen LogP contribution in [0, 0.1) is 0 Å². The van der Waals surface area contributed by atoms with Crippen molar-refractivity contribution in [3.05, 3.63) is 12.2 Å². The minimum Gasteiger partial charge on any atom is -0.277 e. The molecule has 0 atom stereocenters. The van der Waals surface area contributed by atoms with E-state index < -0.39 is 0 Å². The third-order valence-electron chi connectivity index (χ3n) is 1.71. The zero-order valence-corrected chi connectivity index (χ0v) is 6.95. The molecular formula is C8H8N2O3. The number of hydrogen-bond donors (Lipinski definition) is 0. The molecule has 0 saturated carbocycles. The van der Waals surface area contributed by atoms with Gasteiger partial charge < -0.3 is 0 Å².